The van der Waals surface area contributed by atoms with Crippen molar-refractivity contribution in [1.29, 1.82) is 0 Å². The van der Waals surface area contributed by atoms with Crippen molar-refractivity contribution in [3.63, 3.8) is 0 Å². The van der Waals surface area contributed by atoms with Crippen LogP contribution in [-0.2, 0) is 11.0 Å². The first-order chi connectivity index (χ1) is 14.4. The zero-order chi connectivity index (χ0) is 23.2. The highest BCUT2D eigenvalue weighted by atomic mass is 19.4. The molecule has 1 aromatic carbocycles. The summed E-state index contributed by atoms with van der Waals surface area (Å²) in [5.74, 6) is -3.38. The Morgan fingerprint density at radius 3 is 2.00 bits per heavy atom. The molecule has 3 rings (SSSR count). The highest BCUT2D eigenvalue weighted by Crippen LogP contribution is 2.28. The first-order valence-electron chi connectivity index (χ1n) is 8.58. The van der Waals surface area contributed by atoms with Gasteiger partial charge in [-0.2, -0.15) is 26.3 Å². The number of hydrogen-bond donors (Lipinski definition) is 4. The van der Waals surface area contributed by atoms with Crippen LogP contribution in [0, 0.1) is 0 Å². The van der Waals surface area contributed by atoms with Crippen molar-refractivity contribution in [2.75, 3.05) is 23.7 Å². The molecule has 1 aromatic heterocycles. The van der Waals surface area contributed by atoms with Gasteiger partial charge in [-0.3, -0.25) is 9.78 Å². The summed E-state index contributed by atoms with van der Waals surface area (Å²) in [7, 11) is 0. The molecule has 7 nitrogen and oxygen atoms in total. The molecule has 0 bridgehead atoms. The van der Waals surface area contributed by atoms with Crippen molar-refractivity contribution in [2.45, 2.75) is 18.4 Å². The maximum absolute atomic E-state index is 12.6. The van der Waals surface area contributed by atoms with Crippen LogP contribution in [-0.4, -0.2) is 47.3 Å². The Bertz CT molecular complexity index is 912. The third-order valence-corrected chi connectivity index (χ3v) is 3.85. The van der Waals surface area contributed by atoms with E-state index in [0.717, 1.165) is 31.0 Å². The lowest BCUT2D eigenvalue weighted by atomic mass is 10.1. The number of carbonyl (C=O) groups is 2. The lowest BCUT2D eigenvalue weighted by molar-refractivity contribution is -0.192. The number of aliphatic carboxylic acids is 1. The molecule has 4 N–H and O–H groups in total. The molecular weight excluding hydrogens is 434 g/mol. The number of nitrogens with one attached hydrogen (secondary N) is 3. The number of alkyl halides is 6. The molecule has 1 amide bonds. The molecule has 0 aliphatic carbocycles. The second kappa shape index (κ2) is 9.64. The Morgan fingerprint density at radius 2 is 1.55 bits per heavy atom. The molecule has 2 heterocycles. The predicted octanol–water partition coefficient (Wildman–Crippen LogP) is 3.37. The number of halogens is 6. The van der Waals surface area contributed by atoms with Crippen molar-refractivity contribution in [1.82, 2.24) is 10.3 Å². The van der Waals surface area contributed by atoms with Crippen molar-refractivity contribution in [3.05, 3.63) is 53.9 Å². The number of carboxylic acids is 1. The van der Waals surface area contributed by atoms with E-state index in [0.29, 0.717) is 11.7 Å². The standard InChI is InChI=1S/C16H15F3N4O.C2HF3O2/c17-16(18,19)14-7-10(5-6-21-14)15(24)23-12-3-1-11(2-4-12)22-13-8-20-9-13;3-2(4,5)1(6)7/h1-7,13,20,22H,8-9H2,(H,23,24);(H,6,7). The van der Waals surface area contributed by atoms with E-state index in [-0.39, 0.29) is 5.56 Å². The Balaban J connectivity index is 0.000000423. The fourth-order valence-corrected chi connectivity index (χ4v) is 2.21. The van der Waals surface area contributed by atoms with Crippen LogP contribution in [0.2, 0.25) is 0 Å². The van der Waals surface area contributed by atoms with Crippen LogP contribution in [0.15, 0.2) is 42.6 Å². The number of anilines is 2. The molecule has 1 aliphatic heterocycles. The average molecular weight is 450 g/mol. The molecular formula is C18H16F6N4O3. The smallest absolute Gasteiger partial charge is 0.475 e. The molecule has 1 fully saturated rings. The topological polar surface area (TPSA) is 103 Å². The van der Waals surface area contributed by atoms with E-state index >= 15 is 0 Å². The lowest BCUT2D eigenvalue weighted by Crippen LogP contribution is -2.51. The molecule has 0 saturated carbocycles. The average Bonchev–Trinajstić information content (AvgIpc) is 2.65. The van der Waals surface area contributed by atoms with Crippen LogP contribution in [0.25, 0.3) is 0 Å². The van der Waals surface area contributed by atoms with Gasteiger partial charge in [0, 0.05) is 36.2 Å². The van der Waals surface area contributed by atoms with Gasteiger partial charge in [-0.25, -0.2) is 4.79 Å². The minimum absolute atomic E-state index is 0.0972. The Hall–Kier alpha value is -3.35. The molecule has 1 aliphatic rings. The summed E-state index contributed by atoms with van der Waals surface area (Å²) in [6, 6.07) is 9.36. The Morgan fingerprint density at radius 1 is 1.00 bits per heavy atom. The molecule has 13 heteroatoms. The second-order valence-corrected chi connectivity index (χ2v) is 6.26. The van der Waals surface area contributed by atoms with E-state index in [1.165, 1.54) is 6.07 Å². The minimum Gasteiger partial charge on any atom is -0.475 e. The highest BCUT2D eigenvalue weighted by molar-refractivity contribution is 6.04. The zero-order valence-electron chi connectivity index (χ0n) is 15.5. The predicted molar refractivity (Wildman–Crippen MR) is 97.6 cm³/mol. The van der Waals surface area contributed by atoms with Gasteiger partial charge in [-0.15, -0.1) is 0 Å². The summed E-state index contributed by atoms with van der Waals surface area (Å²) < 4.78 is 69.6. The van der Waals surface area contributed by atoms with E-state index in [1.54, 1.807) is 12.1 Å². The van der Waals surface area contributed by atoms with Gasteiger partial charge >= 0.3 is 18.3 Å². The third kappa shape index (κ3) is 7.44. The maximum Gasteiger partial charge on any atom is 0.490 e. The van der Waals surface area contributed by atoms with Crippen LogP contribution >= 0.6 is 0 Å². The molecule has 0 spiro atoms. The van der Waals surface area contributed by atoms with Crippen LogP contribution < -0.4 is 16.0 Å². The van der Waals surface area contributed by atoms with E-state index in [4.69, 9.17) is 9.90 Å². The molecule has 168 valence electrons. The normalized spacial score (nSPS) is 14.0. The van der Waals surface area contributed by atoms with E-state index < -0.39 is 29.9 Å². The number of carboxylic acid groups (broad SMARTS) is 1. The van der Waals surface area contributed by atoms with Crippen LogP contribution in [0.5, 0.6) is 0 Å². The van der Waals surface area contributed by atoms with Gasteiger partial charge in [-0.1, -0.05) is 0 Å². The van der Waals surface area contributed by atoms with Crippen LogP contribution in [0.1, 0.15) is 16.1 Å². The number of amides is 1. The number of pyridine rings is 1. The van der Waals surface area contributed by atoms with Crippen molar-refractivity contribution < 1.29 is 41.0 Å². The van der Waals surface area contributed by atoms with Gasteiger partial charge in [0.05, 0.1) is 6.04 Å². The number of nitrogens with zero attached hydrogens (tertiary/aromatic N) is 1. The van der Waals surface area contributed by atoms with Crippen molar-refractivity contribution in [3.8, 4) is 0 Å². The van der Waals surface area contributed by atoms with E-state index in [2.05, 4.69) is 20.9 Å². The molecule has 0 radical (unpaired) electrons. The van der Waals surface area contributed by atoms with Gasteiger partial charge < -0.3 is 21.1 Å². The summed E-state index contributed by atoms with van der Waals surface area (Å²) in [5, 5.41) is 16.1. The number of rotatable bonds is 4. The highest BCUT2D eigenvalue weighted by Gasteiger charge is 2.38. The first kappa shape index (κ1) is 23.9. The van der Waals surface area contributed by atoms with Crippen molar-refractivity contribution in [2.24, 2.45) is 0 Å². The summed E-state index contributed by atoms with van der Waals surface area (Å²) in [5.41, 5.74) is 0.231. The summed E-state index contributed by atoms with van der Waals surface area (Å²) in [4.78, 5) is 24.2. The molecule has 2 aromatic rings. The van der Waals surface area contributed by atoms with Gasteiger partial charge in [0.2, 0.25) is 0 Å². The van der Waals surface area contributed by atoms with Gasteiger partial charge in [0.1, 0.15) is 5.69 Å². The minimum atomic E-state index is -5.08. The Kier molecular flexibility index (Phi) is 7.44. The van der Waals surface area contributed by atoms with Gasteiger partial charge in [0.25, 0.3) is 5.91 Å². The third-order valence-electron chi connectivity index (χ3n) is 3.85. The number of hydrogen-bond acceptors (Lipinski definition) is 5. The fraction of sp³-hybridized carbons (Fsp3) is 0.278. The monoisotopic (exact) mass is 450 g/mol. The first-order valence-corrected chi connectivity index (χ1v) is 8.58. The maximum atomic E-state index is 12.6. The van der Waals surface area contributed by atoms with Gasteiger partial charge in [0.15, 0.2) is 0 Å². The quantitative estimate of drug-likeness (QED) is 0.533. The molecule has 0 atom stereocenters. The molecule has 0 unspecified atom stereocenters. The lowest BCUT2D eigenvalue weighted by Gasteiger charge is -2.29. The van der Waals surface area contributed by atoms with E-state index in [9.17, 15) is 31.1 Å². The largest absolute Gasteiger partial charge is 0.490 e. The number of aromatic nitrogens is 1. The fourth-order valence-electron chi connectivity index (χ4n) is 2.21. The van der Waals surface area contributed by atoms with Crippen LogP contribution in [0.4, 0.5) is 37.7 Å². The van der Waals surface area contributed by atoms with Crippen molar-refractivity contribution >= 4 is 23.3 Å². The molecule has 31 heavy (non-hydrogen) atoms. The summed E-state index contributed by atoms with van der Waals surface area (Å²) in [6.07, 6.45) is -8.70. The zero-order valence-corrected chi connectivity index (χ0v) is 15.5. The van der Waals surface area contributed by atoms with Gasteiger partial charge in [-0.05, 0) is 36.4 Å². The second-order valence-electron chi connectivity index (χ2n) is 6.26. The summed E-state index contributed by atoms with van der Waals surface area (Å²) >= 11 is 0. The Labute approximate surface area is 171 Å². The number of benzene rings is 1. The van der Waals surface area contributed by atoms with Crippen LogP contribution in [0.3, 0.4) is 0 Å². The SMILES string of the molecule is O=C(Nc1ccc(NC2CNC2)cc1)c1ccnc(C(F)(F)F)c1.O=C(O)C(F)(F)F. The van der Waals surface area contributed by atoms with E-state index in [1.807, 2.05) is 12.1 Å². The molecule has 1 saturated heterocycles. The number of carbonyl (C=O) groups excluding carboxylic acids is 1. The summed E-state index contributed by atoms with van der Waals surface area (Å²) in [6.45, 7) is 1.81.